The summed E-state index contributed by atoms with van der Waals surface area (Å²) in [5.41, 5.74) is 0.102. The fourth-order valence-corrected chi connectivity index (χ4v) is 3.29. The summed E-state index contributed by atoms with van der Waals surface area (Å²) in [5, 5.41) is 3.46. The maximum absolute atomic E-state index is 11.7. The molecular weight excluding hydrogens is 250 g/mol. The van der Waals surface area contributed by atoms with Gasteiger partial charge in [-0.25, -0.2) is 8.42 Å². The maximum atomic E-state index is 11.7. The van der Waals surface area contributed by atoms with E-state index in [0.29, 0.717) is 11.8 Å². The molecule has 0 spiro atoms. The highest BCUT2D eigenvalue weighted by Gasteiger charge is 2.33. The molecule has 0 bridgehead atoms. The Morgan fingerprint density at radius 3 is 2.39 bits per heavy atom. The quantitative estimate of drug-likeness (QED) is 0.768. The highest BCUT2D eigenvalue weighted by molar-refractivity contribution is 7.91. The van der Waals surface area contributed by atoms with Gasteiger partial charge in [0.1, 0.15) is 9.84 Å². The summed E-state index contributed by atoms with van der Waals surface area (Å²) >= 11 is 0. The van der Waals surface area contributed by atoms with Crippen LogP contribution in [-0.2, 0) is 14.6 Å². The second-order valence-electron chi connectivity index (χ2n) is 5.63. The molecule has 0 aromatic heterocycles. The predicted molar refractivity (Wildman–Crippen MR) is 74.6 cm³/mol. The van der Waals surface area contributed by atoms with Crippen LogP contribution < -0.4 is 5.32 Å². The van der Waals surface area contributed by atoms with Crippen LogP contribution >= 0.6 is 0 Å². The van der Waals surface area contributed by atoms with Crippen LogP contribution in [0.1, 0.15) is 40.0 Å². The molecule has 1 N–H and O–H groups in total. The number of sulfone groups is 1. The van der Waals surface area contributed by atoms with Crippen molar-refractivity contribution in [3.63, 3.8) is 0 Å². The molecule has 0 aliphatic carbocycles. The van der Waals surface area contributed by atoms with Gasteiger partial charge in [-0.15, -0.1) is 0 Å². The van der Waals surface area contributed by atoms with Crippen molar-refractivity contribution < 1.29 is 13.2 Å². The highest BCUT2D eigenvalue weighted by Crippen LogP contribution is 2.34. The van der Waals surface area contributed by atoms with Crippen molar-refractivity contribution in [1.82, 2.24) is 5.32 Å². The van der Waals surface area contributed by atoms with Crippen LogP contribution in [-0.4, -0.2) is 45.7 Å². The number of nitrogens with one attached hydrogen (secondary N) is 1. The van der Waals surface area contributed by atoms with E-state index in [1.807, 2.05) is 0 Å². The van der Waals surface area contributed by atoms with E-state index < -0.39 is 9.84 Å². The Balaban J connectivity index is 2.59. The lowest BCUT2D eigenvalue weighted by molar-refractivity contribution is 0.0124. The van der Waals surface area contributed by atoms with Crippen molar-refractivity contribution in [1.29, 1.82) is 0 Å². The van der Waals surface area contributed by atoms with Crippen molar-refractivity contribution in [2.24, 2.45) is 5.41 Å². The van der Waals surface area contributed by atoms with Crippen LogP contribution in [0.15, 0.2) is 0 Å². The molecule has 1 heterocycles. The van der Waals surface area contributed by atoms with Crippen molar-refractivity contribution in [2.75, 3.05) is 31.3 Å². The number of ether oxygens (including phenoxy) is 1. The molecule has 1 aliphatic rings. The summed E-state index contributed by atoms with van der Waals surface area (Å²) in [6.45, 7) is 8.37. The first-order valence-corrected chi connectivity index (χ1v) is 8.73. The maximum Gasteiger partial charge on any atom is 0.150 e. The van der Waals surface area contributed by atoms with E-state index >= 15 is 0 Å². The molecule has 0 radical (unpaired) electrons. The predicted octanol–water partition coefficient (Wildman–Crippen LogP) is 1.61. The Bertz CT molecular complexity index is 332. The molecule has 0 aromatic rings. The Morgan fingerprint density at radius 1 is 1.28 bits per heavy atom. The SMILES string of the molecule is CCS(=O)(=O)CCC1(CNC(C)C)CCOCC1. The molecule has 108 valence electrons. The molecular formula is C13H27NO3S. The molecule has 0 amide bonds. The van der Waals surface area contributed by atoms with Gasteiger partial charge in [-0.3, -0.25) is 0 Å². The lowest BCUT2D eigenvalue weighted by atomic mass is 9.77. The van der Waals surface area contributed by atoms with E-state index in [4.69, 9.17) is 4.74 Å². The van der Waals surface area contributed by atoms with Crippen molar-refractivity contribution in [2.45, 2.75) is 46.1 Å². The average Bonchev–Trinajstić information content (AvgIpc) is 2.36. The third-order valence-electron chi connectivity index (χ3n) is 3.82. The van der Waals surface area contributed by atoms with Crippen molar-refractivity contribution in [3.8, 4) is 0 Å². The number of rotatable bonds is 7. The first kappa shape index (κ1) is 15.9. The molecule has 0 atom stereocenters. The first-order chi connectivity index (χ1) is 8.39. The third kappa shape index (κ3) is 5.24. The summed E-state index contributed by atoms with van der Waals surface area (Å²) in [6, 6.07) is 0.438. The summed E-state index contributed by atoms with van der Waals surface area (Å²) < 4.78 is 28.8. The summed E-state index contributed by atoms with van der Waals surface area (Å²) in [7, 11) is -2.86. The minimum Gasteiger partial charge on any atom is -0.381 e. The summed E-state index contributed by atoms with van der Waals surface area (Å²) in [6.07, 6.45) is 2.68. The van der Waals surface area contributed by atoms with Crippen LogP contribution in [0.25, 0.3) is 0 Å². The van der Waals surface area contributed by atoms with Crippen LogP contribution in [0.5, 0.6) is 0 Å². The zero-order valence-electron chi connectivity index (χ0n) is 11.9. The van der Waals surface area contributed by atoms with Crippen molar-refractivity contribution in [3.05, 3.63) is 0 Å². The van der Waals surface area contributed by atoms with Crippen molar-refractivity contribution >= 4 is 9.84 Å². The minimum atomic E-state index is -2.86. The second kappa shape index (κ2) is 6.87. The van der Waals surface area contributed by atoms with E-state index in [1.165, 1.54) is 0 Å². The molecule has 4 nitrogen and oxygen atoms in total. The van der Waals surface area contributed by atoms with Gasteiger partial charge in [0.15, 0.2) is 0 Å². The highest BCUT2D eigenvalue weighted by atomic mass is 32.2. The molecule has 1 fully saturated rings. The van der Waals surface area contributed by atoms with E-state index in [1.54, 1.807) is 6.92 Å². The molecule has 1 aliphatic heterocycles. The van der Waals surface area contributed by atoms with Gasteiger partial charge in [-0.1, -0.05) is 20.8 Å². The van der Waals surface area contributed by atoms with E-state index in [-0.39, 0.29) is 11.2 Å². The van der Waals surface area contributed by atoms with Gasteiger partial charge in [-0.2, -0.15) is 0 Å². The molecule has 0 saturated carbocycles. The molecule has 0 aromatic carbocycles. The van der Waals surface area contributed by atoms with E-state index in [0.717, 1.165) is 39.0 Å². The zero-order valence-corrected chi connectivity index (χ0v) is 12.7. The molecule has 18 heavy (non-hydrogen) atoms. The Labute approximate surface area is 111 Å². The van der Waals surface area contributed by atoms with E-state index in [9.17, 15) is 8.42 Å². The first-order valence-electron chi connectivity index (χ1n) is 6.91. The summed E-state index contributed by atoms with van der Waals surface area (Å²) in [5.74, 6) is 0.556. The Hall–Kier alpha value is -0.130. The smallest absolute Gasteiger partial charge is 0.150 e. The lowest BCUT2D eigenvalue weighted by Gasteiger charge is -2.38. The van der Waals surface area contributed by atoms with Gasteiger partial charge >= 0.3 is 0 Å². The van der Waals surface area contributed by atoms with Gasteiger partial charge in [0.25, 0.3) is 0 Å². The molecule has 5 heteroatoms. The average molecular weight is 277 g/mol. The van der Waals surface area contributed by atoms with Crippen LogP contribution in [0.3, 0.4) is 0 Å². The van der Waals surface area contributed by atoms with Gasteiger partial charge in [0.05, 0.1) is 5.75 Å². The standard InChI is InChI=1S/C13H27NO3S/c1-4-18(15,16)10-7-13(11-14-12(2)3)5-8-17-9-6-13/h12,14H,4-11H2,1-3H3. The second-order valence-corrected chi connectivity index (χ2v) is 8.11. The number of hydrogen-bond donors (Lipinski definition) is 1. The van der Waals surface area contributed by atoms with E-state index in [2.05, 4.69) is 19.2 Å². The zero-order chi connectivity index (χ0) is 13.6. The van der Waals surface area contributed by atoms with Gasteiger partial charge in [-0.05, 0) is 24.7 Å². The van der Waals surface area contributed by atoms with Crippen LogP contribution in [0, 0.1) is 5.41 Å². The molecule has 1 saturated heterocycles. The Kier molecular flexibility index (Phi) is 6.08. The van der Waals surface area contributed by atoms with Gasteiger partial charge in [0.2, 0.25) is 0 Å². The normalized spacial score (nSPS) is 20.2. The fraction of sp³-hybridized carbons (Fsp3) is 1.00. The lowest BCUT2D eigenvalue weighted by Crippen LogP contribution is -2.42. The largest absolute Gasteiger partial charge is 0.381 e. The molecule has 0 unspecified atom stereocenters. The van der Waals surface area contributed by atoms with Gasteiger partial charge in [0, 0.05) is 31.6 Å². The summed E-state index contributed by atoms with van der Waals surface area (Å²) in [4.78, 5) is 0. The van der Waals surface area contributed by atoms with Gasteiger partial charge < -0.3 is 10.1 Å². The monoisotopic (exact) mass is 277 g/mol. The topological polar surface area (TPSA) is 55.4 Å². The van der Waals surface area contributed by atoms with Crippen LogP contribution in [0.2, 0.25) is 0 Å². The number of hydrogen-bond acceptors (Lipinski definition) is 4. The fourth-order valence-electron chi connectivity index (χ4n) is 2.26. The minimum absolute atomic E-state index is 0.102. The van der Waals surface area contributed by atoms with Crippen LogP contribution in [0.4, 0.5) is 0 Å². The third-order valence-corrected chi connectivity index (χ3v) is 5.53. The molecule has 1 rings (SSSR count). The Morgan fingerprint density at radius 2 is 1.89 bits per heavy atom.